The molecule has 2 fully saturated rings. The summed E-state index contributed by atoms with van der Waals surface area (Å²) in [4.78, 5) is 3.05. The Balaban J connectivity index is 1.75. The van der Waals surface area contributed by atoms with Gasteiger partial charge in [-0.25, -0.2) is 0 Å². The van der Waals surface area contributed by atoms with E-state index in [-0.39, 0.29) is 0 Å². The Morgan fingerprint density at radius 1 is 1.37 bits per heavy atom. The maximum atomic E-state index is 5.65. The molecule has 2 heterocycles. The van der Waals surface area contributed by atoms with E-state index >= 15 is 0 Å². The molecule has 0 bridgehead atoms. The van der Waals surface area contributed by atoms with Gasteiger partial charge in [0.2, 0.25) is 0 Å². The zero-order valence-electron chi connectivity index (χ0n) is 10.7. The molecule has 5 heteroatoms. The SMILES string of the molecule is NC(=S)c1ccc(NC2CCN3CCCC23)c(Br)c1. The Bertz CT molecular complexity index is 505. The van der Waals surface area contributed by atoms with Crippen molar-refractivity contribution in [2.24, 2.45) is 5.73 Å². The summed E-state index contributed by atoms with van der Waals surface area (Å²) in [6, 6.07) is 7.32. The molecular formula is C14H18BrN3S. The number of anilines is 1. The summed E-state index contributed by atoms with van der Waals surface area (Å²) in [5.74, 6) is 0. The second-order valence-electron chi connectivity index (χ2n) is 5.34. The average molecular weight is 340 g/mol. The number of rotatable bonds is 3. The Morgan fingerprint density at radius 3 is 2.95 bits per heavy atom. The van der Waals surface area contributed by atoms with Crippen molar-refractivity contribution in [2.75, 3.05) is 18.4 Å². The zero-order chi connectivity index (χ0) is 13.4. The fourth-order valence-corrected chi connectivity index (χ4v) is 3.86. The largest absolute Gasteiger partial charge is 0.389 e. The number of halogens is 1. The lowest BCUT2D eigenvalue weighted by molar-refractivity contribution is 0.318. The van der Waals surface area contributed by atoms with Crippen LogP contribution in [-0.2, 0) is 0 Å². The Labute approximate surface area is 127 Å². The molecule has 3 nitrogen and oxygen atoms in total. The minimum absolute atomic E-state index is 0.440. The molecule has 3 N–H and O–H groups in total. The second-order valence-corrected chi connectivity index (χ2v) is 6.64. The van der Waals surface area contributed by atoms with Crippen molar-refractivity contribution >= 4 is 38.8 Å². The number of nitrogens with one attached hydrogen (secondary N) is 1. The minimum Gasteiger partial charge on any atom is -0.389 e. The van der Waals surface area contributed by atoms with Crippen molar-refractivity contribution in [1.29, 1.82) is 0 Å². The van der Waals surface area contributed by atoms with Gasteiger partial charge < -0.3 is 11.1 Å². The van der Waals surface area contributed by atoms with E-state index in [9.17, 15) is 0 Å². The topological polar surface area (TPSA) is 41.3 Å². The van der Waals surface area contributed by atoms with E-state index in [1.807, 2.05) is 12.1 Å². The number of nitrogens with two attached hydrogens (primary N) is 1. The molecular weight excluding hydrogens is 322 g/mol. The van der Waals surface area contributed by atoms with Gasteiger partial charge in [0, 0.05) is 34.4 Å². The smallest absolute Gasteiger partial charge is 0.104 e. The highest BCUT2D eigenvalue weighted by Crippen LogP contribution is 2.32. The van der Waals surface area contributed by atoms with Gasteiger partial charge in [0.05, 0.1) is 0 Å². The van der Waals surface area contributed by atoms with Gasteiger partial charge >= 0.3 is 0 Å². The minimum atomic E-state index is 0.440. The fraction of sp³-hybridized carbons (Fsp3) is 0.500. The molecule has 1 aromatic carbocycles. The molecule has 3 rings (SSSR count). The number of nitrogens with zero attached hydrogens (tertiary/aromatic N) is 1. The van der Waals surface area contributed by atoms with Gasteiger partial charge in [-0.05, 0) is 59.9 Å². The molecule has 2 aliphatic rings. The van der Waals surface area contributed by atoms with Crippen molar-refractivity contribution in [2.45, 2.75) is 31.3 Å². The maximum absolute atomic E-state index is 5.65. The van der Waals surface area contributed by atoms with Crippen LogP contribution >= 0.6 is 28.1 Å². The maximum Gasteiger partial charge on any atom is 0.104 e. The number of benzene rings is 1. The van der Waals surface area contributed by atoms with Crippen molar-refractivity contribution < 1.29 is 0 Å². The first-order chi connectivity index (χ1) is 9.15. The highest BCUT2D eigenvalue weighted by molar-refractivity contribution is 9.10. The molecule has 2 aliphatic heterocycles. The van der Waals surface area contributed by atoms with Gasteiger partial charge in [0.25, 0.3) is 0 Å². The quantitative estimate of drug-likeness (QED) is 0.831. The van der Waals surface area contributed by atoms with E-state index in [4.69, 9.17) is 18.0 Å². The predicted octanol–water partition coefficient (Wildman–Crippen LogP) is 2.73. The molecule has 0 aromatic heterocycles. The molecule has 2 saturated heterocycles. The van der Waals surface area contributed by atoms with E-state index in [1.54, 1.807) is 0 Å². The molecule has 0 spiro atoms. The van der Waals surface area contributed by atoms with Gasteiger partial charge in [-0.3, -0.25) is 4.90 Å². The van der Waals surface area contributed by atoms with Crippen LogP contribution in [0.3, 0.4) is 0 Å². The molecule has 2 atom stereocenters. The van der Waals surface area contributed by atoms with E-state index in [0.29, 0.717) is 17.1 Å². The molecule has 0 radical (unpaired) electrons. The van der Waals surface area contributed by atoms with E-state index in [1.165, 1.54) is 32.4 Å². The molecule has 19 heavy (non-hydrogen) atoms. The van der Waals surface area contributed by atoms with Gasteiger partial charge in [0.15, 0.2) is 0 Å². The lowest BCUT2D eigenvalue weighted by Crippen LogP contribution is -2.33. The first-order valence-electron chi connectivity index (χ1n) is 6.75. The third-order valence-corrected chi connectivity index (χ3v) is 5.09. The van der Waals surface area contributed by atoms with Crippen LogP contribution in [0.25, 0.3) is 0 Å². The highest BCUT2D eigenvalue weighted by atomic mass is 79.9. The van der Waals surface area contributed by atoms with Crippen LogP contribution in [0.5, 0.6) is 0 Å². The highest BCUT2D eigenvalue weighted by Gasteiger charge is 2.37. The first kappa shape index (κ1) is 13.3. The van der Waals surface area contributed by atoms with Crippen LogP contribution in [-0.4, -0.2) is 35.1 Å². The van der Waals surface area contributed by atoms with Crippen molar-refractivity contribution in [3.63, 3.8) is 0 Å². The van der Waals surface area contributed by atoms with Crippen molar-refractivity contribution in [3.8, 4) is 0 Å². The third kappa shape index (κ3) is 2.64. The van der Waals surface area contributed by atoms with Crippen LogP contribution < -0.4 is 11.1 Å². The fourth-order valence-electron chi connectivity index (χ4n) is 3.24. The van der Waals surface area contributed by atoms with Crippen molar-refractivity contribution in [3.05, 3.63) is 28.2 Å². The summed E-state index contributed by atoms with van der Waals surface area (Å²) in [6.07, 6.45) is 3.89. The van der Waals surface area contributed by atoms with Gasteiger partial charge in [-0.2, -0.15) is 0 Å². The molecule has 0 amide bonds. The summed E-state index contributed by atoms with van der Waals surface area (Å²) in [6.45, 7) is 2.50. The Kier molecular flexibility index (Phi) is 3.78. The monoisotopic (exact) mass is 339 g/mol. The Morgan fingerprint density at radius 2 is 2.21 bits per heavy atom. The lowest BCUT2D eigenvalue weighted by atomic mass is 10.1. The second kappa shape index (κ2) is 5.38. The number of hydrogen-bond donors (Lipinski definition) is 2. The summed E-state index contributed by atoms with van der Waals surface area (Å²) >= 11 is 8.60. The molecule has 0 saturated carbocycles. The van der Waals surface area contributed by atoms with Gasteiger partial charge in [0.1, 0.15) is 4.99 Å². The summed E-state index contributed by atoms with van der Waals surface area (Å²) < 4.78 is 1.04. The molecule has 2 unspecified atom stereocenters. The predicted molar refractivity (Wildman–Crippen MR) is 86.7 cm³/mol. The average Bonchev–Trinajstić information content (AvgIpc) is 2.96. The van der Waals surface area contributed by atoms with Crippen LogP contribution in [0.15, 0.2) is 22.7 Å². The van der Waals surface area contributed by atoms with Crippen LogP contribution in [0.1, 0.15) is 24.8 Å². The van der Waals surface area contributed by atoms with Crippen LogP contribution in [0.4, 0.5) is 5.69 Å². The summed E-state index contributed by atoms with van der Waals surface area (Å²) in [5, 5.41) is 3.67. The van der Waals surface area contributed by atoms with E-state index in [2.05, 4.69) is 32.2 Å². The van der Waals surface area contributed by atoms with Crippen LogP contribution in [0, 0.1) is 0 Å². The Hall–Kier alpha value is -0.650. The molecule has 1 aromatic rings. The number of hydrogen-bond acceptors (Lipinski definition) is 3. The number of thiocarbonyl (C=S) groups is 1. The number of fused-ring (bicyclic) bond motifs is 1. The first-order valence-corrected chi connectivity index (χ1v) is 7.95. The van der Waals surface area contributed by atoms with Gasteiger partial charge in [-0.1, -0.05) is 12.2 Å². The normalized spacial score (nSPS) is 26.4. The standard InChI is InChI=1S/C14H18BrN3S/c15-10-8-9(14(16)19)3-4-11(10)17-12-5-7-18-6-1-2-13(12)18/h3-4,8,12-13,17H,1-2,5-7H2,(H2,16,19). The molecule has 102 valence electrons. The molecule has 0 aliphatic carbocycles. The lowest BCUT2D eigenvalue weighted by Gasteiger charge is -2.23. The summed E-state index contributed by atoms with van der Waals surface area (Å²) in [5.41, 5.74) is 7.69. The van der Waals surface area contributed by atoms with Gasteiger partial charge in [-0.15, -0.1) is 0 Å². The van der Waals surface area contributed by atoms with Crippen molar-refractivity contribution in [1.82, 2.24) is 4.90 Å². The third-order valence-electron chi connectivity index (χ3n) is 4.20. The zero-order valence-corrected chi connectivity index (χ0v) is 13.1. The van der Waals surface area contributed by atoms with Crippen LogP contribution in [0.2, 0.25) is 0 Å². The van der Waals surface area contributed by atoms with E-state index < -0.39 is 0 Å². The van der Waals surface area contributed by atoms with E-state index in [0.717, 1.165) is 15.7 Å². The summed E-state index contributed by atoms with van der Waals surface area (Å²) in [7, 11) is 0.